The summed E-state index contributed by atoms with van der Waals surface area (Å²) in [6.45, 7) is -0.590. The largest absolute Gasteiger partial charge is 0.497 e. The Hall–Kier alpha value is -3.95. The van der Waals surface area contributed by atoms with Gasteiger partial charge in [-0.3, -0.25) is 4.79 Å². The van der Waals surface area contributed by atoms with Crippen LogP contribution in [0.1, 0.15) is 22.6 Å². The van der Waals surface area contributed by atoms with Crippen molar-refractivity contribution in [1.29, 1.82) is 0 Å². The number of fused-ring (bicyclic) bond motifs is 3. The van der Waals surface area contributed by atoms with Gasteiger partial charge in [0.15, 0.2) is 11.2 Å². The van der Waals surface area contributed by atoms with Crippen LogP contribution in [0.5, 0.6) is 23.0 Å². The van der Waals surface area contributed by atoms with Crippen LogP contribution in [-0.2, 0) is 30.2 Å². The Morgan fingerprint density at radius 2 is 1.71 bits per heavy atom. The molecule has 2 aliphatic heterocycles. The molecule has 0 unspecified atom stereocenters. The normalized spacial score (nSPS) is 31.3. The first kappa shape index (κ1) is 33.9. The van der Waals surface area contributed by atoms with Crippen molar-refractivity contribution in [3.63, 3.8) is 0 Å². The number of amides is 1. The van der Waals surface area contributed by atoms with Gasteiger partial charge in [-0.05, 0) is 23.3 Å². The number of hydrogen-bond acceptors (Lipinski definition) is 12. The van der Waals surface area contributed by atoms with Gasteiger partial charge in [0, 0.05) is 39.3 Å². The molecule has 48 heavy (non-hydrogen) atoms. The predicted octanol–water partition coefficient (Wildman–Crippen LogP) is 1.49. The summed E-state index contributed by atoms with van der Waals surface area (Å²) in [5, 5.41) is 45.0. The molecule has 1 amide bonds. The Morgan fingerprint density at radius 1 is 1.00 bits per heavy atom. The number of methoxy groups -OCH3 is 3. The van der Waals surface area contributed by atoms with Gasteiger partial charge in [0.05, 0.1) is 38.9 Å². The van der Waals surface area contributed by atoms with E-state index in [9.17, 15) is 25.2 Å². The molecular formula is C35H41NO12. The predicted molar refractivity (Wildman–Crippen MR) is 169 cm³/mol. The molecule has 2 fully saturated rings. The van der Waals surface area contributed by atoms with Crippen molar-refractivity contribution in [1.82, 2.24) is 4.90 Å². The van der Waals surface area contributed by atoms with Gasteiger partial charge in [0.25, 0.3) is 6.29 Å². The molecule has 13 nitrogen and oxygen atoms in total. The molecule has 0 spiro atoms. The van der Waals surface area contributed by atoms with Crippen LogP contribution in [-0.4, -0.2) is 111 Å². The Kier molecular flexibility index (Phi) is 9.30. The third kappa shape index (κ3) is 5.17. The first-order valence-electron chi connectivity index (χ1n) is 15.5. The highest BCUT2D eigenvalue weighted by atomic mass is 16.8. The van der Waals surface area contributed by atoms with Crippen LogP contribution in [0.2, 0.25) is 0 Å². The van der Waals surface area contributed by atoms with Gasteiger partial charge in [-0.2, -0.15) is 0 Å². The minimum Gasteiger partial charge on any atom is -0.497 e. The zero-order valence-electron chi connectivity index (χ0n) is 27.3. The number of ether oxygens (including phenoxy) is 7. The molecule has 6 rings (SSSR count). The molecule has 0 radical (unpaired) electrons. The van der Waals surface area contributed by atoms with Gasteiger partial charge in [-0.1, -0.05) is 42.5 Å². The van der Waals surface area contributed by atoms with E-state index in [1.54, 1.807) is 38.4 Å². The van der Waals surface area contributed by atoms with Crippen molar-refractivity contribution < 1.29 is 58.4 Å². The molecule has 4 N–H and O–H groups in total. The lowest BCUT2D eigenvalue weighted by Crippen LogP contribution is -2.52. The summed E-state index contributed by atoms with van der Waals surface area (Å²) in [6, 6.07) is 19.1. The van der Waals surface area contributed by atoms with Crippen LogP contribution >= 0.6 is 0 Å². The molecule has 1 aliphatic carbocycles. The first-order valence-corrected chi connectivity index (χ1v) is 15.5. The van der Waals surface area contributed by atoms with E-state index in [1.165, 1.54) is 38.4 Å². The fourth-order valence-electron chi connectivity index (χ4n) is 7.29. The summed E-state index contributed by atoms with van der Waals surface area (Å²) in [7, 11) is 7.55. The Labute approximate surface area is 278 Å². The summed E-state index contributed by atoms with van der Waals surface area (Å²) in [4.78, 5) is 15.3. The van der Waals surface area contributed by atoms with E-state index in [4.69, 9.17) is 33.2 Å². The second-order valence-electron chi connectivity index (χ2n) is 12.3. The highest BCUT2D eigenvalue weighted by Crippen LogP contribution is 2.70. The minimum absolute atomic E-state index is 0.0419. The highest BCUT2D eigenvalue weighted by Gasteiger charge is 2.78. The van der Waals surface area contributed by atoms with E-state index in [1.807, 2.05) is 30.3 Å². The first-order chi connectivity index (χ1) is 23.0. The maximum atomic E-state index is 13.9. The molecule has 1 saturated carbocycles. The van der Waals surface area contributed by atoms with Crippen LogP contribution < -0.4 is 18.9 Å². The summed E-state index contributed by atoms with van der Waals surface area (Å²) in [5.41, 5.74) is -2.68. The van der Waals surface area contributed by atoms with Gasteiger partial charge in [-0.25, -0.2) is 0 Å². The monoisotopic (exact) mass is 667 g/mol. The summed E-state index contributed by atoms with van der Waals surface area (Å²) < 4.78 is 41.3. The lowest BCUT2D eigenvalue weighted by Gasteiger charge is -2.41. The molecule has 3 aromatic rings. The molecule has 1 saturated heterocycles. The third-order valence-electron chi connectivity index (χ3n) is 9.50. The van der Waals surface area contributed by atoms with Crippen molar-refractivity contribution in [3.8, 4) is 23.0 Å². The quantitative estimate of drug-likeness (QED) is 0.247. The van der Waals surface area contributed by atoms with Gasteiger partial charge in [-0.15, -0.1) is 0 Å². The fourth-order valence-corrected chi connectivity index (χ4v) is 7.29. The van der Waals surface area contributed by atoms with Crippen LogP contribution in [0.15, 0.2) is 66.7 Å². The average molecular weight is 668 g/mol. The molecule has 0 aromatic heterocycles. The lowest BCUT2D eigenvalue weighted by atomic mass is 9.70. The number of carbonyl (C=O) groups excluding carboxylic acids is 1. The number of aliphatic hydroxyl groups is 4. The topological polar surface area (TPSA) is 166 Å². The second kappa shape index (κ2) is 13.2. The SMILES string of the molecule is COc1ccc([C@@]23Oc4cc(O[C@@H]5O[C@@H]([C@@H](O)CO)CO[C@H]5OC)cc(OC)c4[C@]2(O)[C@H](O)[C@@H](C(=O)N(C)C)[C@@H]3c2ccccc2)cc1. The van der Waals surface area contributed by atoms with E-state index in [0.29, 0.717) is 16.9 Å². The summed E-state index contributed by atoms with van der Waals surface area (Å²) in [6.07, 6.45) is -5.94. The standard InChI is InChI=1S/C35H41NO12/c1-36(2)31(40)27-28(19-9-7-6-8-10-19)35(20-11-13-21(42-3)14-12-20)34(41,30(27)39)29-24(43-4)15-22(16-25(29)48-35)46-33-32(44-5)45-18-26(47-33)23(38)17-37/h6-16,23,26-28,30,32-33,37-39,41H,17-18H2,1-5H3/t23-,26+,27-,28-,30+,32+,33+,34-,35-/m0/s1. The van der Waals surface area contributed by atoms with Crippen LogP contribution in [0.3, 0.4) is 0 Å². The summed E-state index contributed by atoms with van der Waals surface area (Å²) in [5.74, 6) is -1.44. The molecule has 2 heterocycles. The third-order valence-corrected chi connectivity index (χ3v) is 9.50. The lowest BCUT2D eigenvalue weighted by molar-refractivity contribution is -0.324. The summed E-state index contributed by atoms with van der Waals surface area (Å²) >= 11 is 0. The Balaban J connectivity index is 1.53. The minimum atomic E-state index is -2.21. The highest BCUT2D eigenvalue weighted by molar-refractivity contribution is 5.83. The van der Waals surface area contributed by atoms with Crippen molar-refractivity contribution >= 4 is 5.91 Å². The van der Waals surface area contributed by atoms with Crippen LogP contribution in [0, 0.1) is 5.92 Å². The Morgan fingerprint density at radius 3 is 2.31 bits per heavy atom. The van der Waals surface area contributed by atoms with E-state index >= 15 is 0 Å². The molecule has 3 aliphatic rings. The number of nitrogens with zero attached hydrogens (tertiary/aromatic N) is 1. The van der Waals surface area contributed by atoms with E-state index in [0.717, 1.165) is 0 Å². The maximum Gasteiger partial charge on any atom is 0.251 e. The fraction of sp³-hybridized carbons (Fsp3) is 0.457. The van der Waals surface area contributed by atoms with Gasteiger partial charge >= 0.3 is 0 Å². The van der Waals surface area contributed by atoms with Crippen molar-refractivity contribution in [2.75, 3.05) is 48.6 Å². The van der Waals surface area contributed by atoms with Gasteiger partial charge in [0.2, 0.25) is 12.2 Å². The second-order valence-corrected chi connectivity index (χ2v) is 12.3. The number of aliphatic hydroxyl groups excluding tert-OH is 3. The number of hydrogen-bond donors (Lipinski definition) is 4. The van der Waals surface area contributed by atoms with Gasteiger partial charge < -0.3 is 58.5 Å². The van der Waals surface area contributed by atoms with Crippen molar-refractivity contribution in [2.24, 2.45) is 5.92 Å². The number of carbonyl (C=O) groups is 1. The van der Waals surface area contributed by atoms with E-state index in [-0.39, 0.29) is 29.4 Å². The van der Waals surface area contributed by atoms with E-state index < -0.39 is 66.4 Å². The van der Waals surface area contributed by atoms with Gasteiger partial charge in [0.1, 0.15) is 41.3 Å². The zero-order chi connectivity index (χ0) is 34.4. The molecule has 9 atom stereocenters. The number of rotatable bonds is 10. The van der Waals surface area contributed by atoms with Crippen LogP contribution in [0.25, 0.3) is 0 Å². The van der Waals surface area contributed by atoms with Crippen molar-refractivity contribution in [3.05, 3.63) is 83.4 Å². The van der Waals surface area contributed by atoms with Crippen molar-refractivity contribution in [2.45, 2.75) is 48.0 Å². The maximum absolute atomic E-state index is 13.9. The molecular weight excluding hydrogens is 626 g/mol. The number of benzene rings is 3. The smallest absolute Gasteiger partial charge is 0.251 e. The molecule has 13 heteroatoms. The zero-order valence-corrected chi connectivity index (χ0v) is 27.3. The van der Waals surface area contributed by atoms with Crippen LogP contribution in [0.4, 0.5) is 0 Å². The average Bonchev–Trinajstić information content (AvgIpc) is 3.49. The Bertz CT molecular complexity index is 1600. The molecule has 3 aromatic carbocycles. The molecule has 0 bridgehead atoms. The van der Waals surface area contributed by atoms with E-state index in [2.05, 4.69) is 0 Å². The molecule has 258 valence electrons.